The molecule has 0 saturated carbocycles. The van der Waals surface area contributed by atoms with Crippen LogP contribution in [0.2, 0.25) is 0 Å². The minimum atomic E-state index is -0.281. The van der Waals surface area contributed by atoms with Gasteiger partial charge in [0, 0.05) is 38.1 Å². The van der Waals surface area contributed by atoms with Gasteiger partial charge in [-0.1, -0.05) is 6.07 Å². The van der Waals surface area contributed by atoms with Crippen molar-refractivity contribution >= 4 is 28.9 Å². The molecule has 11 heteroatoms. The Morgan fingerprint density at radius 3 is 2.53 bits per heavy atom. The van der Waals surface area contributed by atoms with Gasteiger partial charge in [-0.2, -0.15) is 5.10 Å². The molecule has 0 saturated heterocycles. The maximum atomic E-state index is 12.5. The van der Waals surface area contributed by atoms with Crippen LogP contribution in [-0.4, -0.2) is 49.8 Å². The van der Waals surface area contributed by atoms with Crippen molar-refractivity contribution in [3.8, 4) is 17.1 Å². The molecule has 0 aliphatic carbocycles. The molecular formula is C23H25N9O2. The van der Waals surface area contributed by atoms with Crippen molar-refractivity contribution in [1.82, 2.24) is 35.0 Å². The van der Waals surface area contributed by atoms with Gasteiger partial charge < -0.3 is 20.7 Å². The van der Waals surface area contributed by atoms with Crippen molar-refractivity contribution in [2.75, 3.05) is 24.8 Å². The van der Waals surface area contributed by atoms with Gasteiger partial charge in [-0.3, -0.25) is 9.48 Å². The molecule has 4 aromatic rings. The molecule has 1 amide bonds. The Balaban J connectivity index is 1.74. The summed E-state index contributed by atoms with van der Waals surface area (Å²) < 4.78 is 7.31. The third-order valence-electron chi connectivity index (χ3n) is 4.93. The highest BCUT2D eigenvalue weighted by molar-refractivity contribution is 6.00. The lowest BCUT2D eigenvalue weighted by Gasteiger charge is -2.17. The molecule has 0 aliphatic heterocycles. The number of hydrogen-bond acceptors (Lipinski definition) is 9. The highest BCUT2D eigenvalue weighted by atomic mass is 16.5. The van der Waals surface area contributed by atoms with Crippen LogP contribution in [-0.2, 0) is 7.05 Å². The zero-order valence-corrected chi connectivity index (χ0v) is 19.5. The second-order valence-corrected chi connectivity index (χ2v) is 7.51. The van der Waals surface area contributed by atoms with Crippen LogP contribution in [0, 0.1) is 13.8 Å². The molecule has 3 aromatic heterocycles. The molecule has 0 fully saturated rings. The smallest absolute Gasteiger partial charge is 0.254 e. The van der Waals surface area contributed by atoms with Gasteiger partial charge in [0.05, 0.1) is 29.6 Å². The third kappa shape index (κ3) is 4.77. The summed E-state index contributed by atoms with van der Waals surface area (Å²) in [6.45, 7) is 3.72. The summed E-state index contributed by atoms with van der Waals surface area (Å²) in [5.41, 5.74) is 3.09. The van der Waals surface area contributed by atoms with Crippen LogP contribution in [0.3, 0.4) is 0 Å². The molecule has 4 rings (SSSR count). The van der Waals surface area contributed by atoms with E-state index in [0.717, 1.165) is 5.69 Å². The number of hydrogen-bond donors (Lipinski definition) is 3. The summed E-state index contributed by atoms with van der Waals surface area (Å²) in [7, 11) is 4.94. The number of aromatic nitrogens is 6. The first-order chi connectivity index (χ1) is 16.4. The average molecular weight is 460 g/mol. The van der Waals surface area contributed by atoms with E-state index in [0.29, 0.717) is 51.5 Å². The predicted molar refractivity (Wildman–Crippen MR) is 129 cm³/mol. The van der Waals surface area contributed by atoms with Gasteiger partial charge in [-0.25, -0.2) is 19.9 Å². The fourth-order valence-electron chi connectivity index (χ4n) is 3.49. The molecule has 11 nitrogen and oxygen atoms in total. The van der Waals surface area contributed by atoms with Gasteiger partial charge in [-0.15, -0.1) is 0 Å². The van der Waals surface area contributed by atoms with Gasteiger partial charge in [0.15, 0.2) is 11.6 Å². The van der Waals surface area contributed by atoms with Gasteiger partial charge in [0.1, 0.15) is 23.8 Å². The molecular weight excluding hydrogens is 434 g/mol. The Bertz CT molecular complexity index is 1330. The van der Waals surface area contributed by atoms with Crippen molar-refractivity contribution in [1.29, 1.82) is 0 Å². The Labute approximate surface area is 196 Å². The summed E-state index contributed by atoms with van der Waals surface area (Å²) in [5.74, 6) is 2.56. The Kier molecular flexibility index (Phi) is 6.35. The van der Waals surface area contributed by atoms with Gasteiger partial charge in [0.2, 0.25) is 0 Å². The topological polar surface area (TPSA) is 132 Å². The molecule has 0 unspecified atom stereocenters. The Morgan fingerprint density at radius 1 is 1.03 bits per heavy atom. The number of anilines is 4. The number of carbonyl (C=O) groups is 1. The first-order valence-electron chi connectivity index (χ1n) is 10.5. The molecule has 0 atom stereocenters. The largest absolute Gasteiger partial charge is 0.494 e. The highest BCUT2D eigenvalue weighted by Gasteiger charge is 2.18. The van der Waals surface area contributed by atoms with E-state index in [1.54, 1.807) is 38.3 Å². The zero-order chi connectivity index (χ0) is 24.2. The van der Waals surface area contributed by atoms with Crippen LogP contribution in [0.5, 0.6) is 5.75 Å². The van der Waals surface area contributed by atoms with Crippen LogP contribution in [0.4, 0.5) is 23.0 Å². The first-order valence-corrected chi connectivity index (χ1v) is 10.5. The summed E-state index contributed by atoms with van der Waals surface area (Å²) in [6, 6.07) is 9.15. The molecule has 0 bridgehead atoms. The molecule has 174 valence electrons. The number of methoxy groups -OCH3 is 1. The summed E-state index contributed by atoms with van der Waals surface area (Å²) in [6.07, 6.45) is 3.12. The molecule has 3 N–H and O–H groups in total. The van der Waals surface area contributed by atoms with Crippen LogP contribution in [0.25, 0.3) is 11.4 Å². The number of nitrogens with zero attached hydrogens (tertiary/aromatic N) is 6. The second-order valence-electron chi connectivity index (χ2n) is 7.51. The number of carbonyl (C=O) groups excluding carboxylic acids is 1. The van der Waals surface area contributed by atoms with Crippen molar-refractivity contribution in [2.24, 2.45) is 7.05 Å². The quantitative estimate of drug-likeness (QED) is 0.381. The van der Waals surface area contributed by atoms with Crippen molar-refractivity contribution in [3.63, 3.8) is 0 Å². The Hall–Kier alpha value is -4.54. The minimum Gasteiger partial charge on any atom is -0.494 e. The van der Waals surface area contributed by atoms with Crippen LogP contribution < -0.4 is 20.7 Å². The molecule has 0 spiro atoms. The summed E-state index contributed by atoms with van der Waals surface area (Å²) in [5, 5.41) is 13.5. The maximum Gasteiger partial charge on any atom is 0.254 e. The average Bonchev–Trinajstić information content (AvgIpc) is 3.24. The van der Waals surface area contributed by atoms with Crippen LogP contribution >= 0.6 is 0 Å². The standard InChI is InChI=1S/C23H25N9O2/c1-13-9-20(28-14(2)27-13)30-19-10-18(16(11-25-19)23(33)24-3)29-17-8-6-7-15(21(17)34-5)22-26-12-32(4)31-22/h6-12H,1-5H3,(H,24,33)(H2,25,27,28,29,30). The van der Waals surface area contributed by atoms with Crippen LogP contribution in [0.1, 0.15) is 21.9 Å². The first kappa shape index (κ1) is 22.6. The number of amides is 1. The fraction of sp³-hybridized carbons (Fsp3) is 0.217. The number of aryl methyl sites for hydroxylation is 3. The van der Waals surface area contributed by atoms with Crippen LogP contribution in [0.15, 0.2) is 42.9 Å². The van der Waals surface area contributed by atoms with E-state index in [1.807, 2.05) is 38.1 Å². The Morgan fingerprint density at radius 2 is 1.85 bits per heavy atom. The third-order valence-corrected chi connectivity index (χ3v) is 4.93. The van der Waals surface area contributed by atoms with Gasteiger partial charge in [-0.05, 0) is 26.0 Å². The second kappa shape index (κ2) is 9.53. The van der Waals surface area contributed by atoms with E-state index in [1.165, 1.54) is 6.20 Å². The van der Waals surface area contributed by atoms with Gasteiger partial charge in [0.25, 0.3) is 5.91 Å². The number of rotatable bonds is 7. The molecule has 0 radical (unpaired) electrons. The van der Waals surface area contributed by atoms with Crippen molar-refractivity contribution in [2.45, 2.75) is 13.8 Å². The van der Waals surface area contributed by atoms with E-state index in [4.69, 9.17) is 4.74 Å². The molecule has 0 aliphatic rings. The normalized spacial score (nSPS) is 10.6. The highest BCUT2D eigenvalue weighted by Crippen LogP contribution is 2.37. The number of nitrogens with one attached hydrogen (secondary N) is 3. The van der Waals surface area contributed by atoms with Gasteiger partial charge >= 0.3 is 0 Å². The van der Waals surface area contributed by atoms with E-state index >= 15 is 0 Å². The molecule has 3 heterocycles. The van der Waals surface area contributed by atoms with Crippen molar-refractivity contribution in [3.05, 3.63) is 59.9 Å². The number of pyridine rings is 1. The maximum absolute atomic E-state index is 12.5. The van der Waals surface area contributed by atoms with E-state index in [9.17, 15) is 4.79 Å². The lowest BCUT2D eigenvalue weighted by molar-refractivity contribution is 0.0963. The molecule has 34 heavy (non-hydrogen) atoms. The zero-order valence-electron chi connectivity index (χ0n) is 19.5. The predicted octanol–water partition coefficient (Wildman–Crippen LogP) is 3.14. The van der Waals surface area contributed by atoms with Crippen molar-refractivity contribution < 1.29 is 9.53 Å². The summed E-state index contributed by atoms with van der Waals surface area (Å²) in [4.78, 5) is 29.9. The number of para-hydroxylation sites is 1. The molecule has 1 aromatic carbocycles. The van der Waals surface area contributed by atoms with E-state index in [2.05, 4.69) is 41.0 Å². The SMILES string of the molecule is CNC(=O)c1cnc(Nc2cc(C)nc(C)n2)cc1Nc1cccc(-c2ncn(C)n2)c1OC. The monoisotopic (exact) mass is 459 g/mol. The van der Waals surface area contributed by atoms with E-state index < -0.39 is 0 Å². The lowest BCUT2D eigenvalue weighted by atomic mass is 10.1. The lowest BCUT2D eigenvalue weighted by Crippen LogP contribution is -2.19. The minimum absolute atomic E-state index is 0.281. The number of benzene rings is 1. The summed E-state index contributed by atoms with van der Waals surface area (Å²) >= 11 is 0. The number of ether oxygens (including phenoxy) is 1. The fourth-order valence-corrected chi connectivity index (χ4v) is 3.49. The van der Waals surface area contributed by atoms with E-state index in [-0.39, 0.29) is 5.91 Å².